The fourth-order valence-electron chi connectivity index (χ4n) is 1.76. The van der Waals surface area contributed by atoms with Gasteiger partial charge in [0, 0.05) is 19.1 Å². The molecule has 0 amide bonds. The fourth-order valence-corrected chi connectivity index (χ4v) is 3.06. The Morgan fingerprint density at radius 1 is 1.29 bits per heavy atom. The number of esters is 1. The number of hydrogen-bond acceptors (Lipinski definition) is 5. The van der Waals surface area contributed by atoms with E-state index in [1.165, 1.54) is 13.2 Å². The summed E-state index contributed by atoms with van der Waals surface area (Å²) < 4.78 is 31.7. The average molecular weight is 314 g/mol. The topological polar surface area (TPSA) is 84.5 Å². The smallest absolute Gasteiger partial charge is 0.337 e. The van der Waals surface area contributed by atoms with E-state index < -0.39 is 16.0 Å². The monoisotopic (exact) mass is 314 g/mol. The minimum absolute atomic E-state index is 0.0925. The van der Waals surface area contributed by atoms with Crippen LogP contribution >= 0.6 is 0 Å². The highest BCUT2D eigenvalue weighted by molar-refractivity contribution is 7.89. The van der Waals surface area contributed by atoms with Crippen LogP contribution in [0.2, 0.25) is 0 Å². The van der Waals surface area contributed by atoms with Gasteiger partial charge in [-0.2, -0.15) is 0 Å². The molecule has 21 heavy (non-hydrogen) atoms. The van der Waals surface area contributed by atoms with Crippen molar-refractivity contribution in [2.45, 2.75) is 31.7 Å². The van der Waals surface area contributed by atoms with Crippen molar-refractivity contribution in [3.05, 3.63) is 29.3 Å². The highest BCUT2D eigenvalue weighted by Crippen LogP contribution is 2.17. The Morgan fingerprint density at radius 2 is 1.95 bits per heavy atom. The van der Waals surface area contributed by atoms with Gasteiger partial charge in [-0.3, -0.25) is 0 Å². The summed E-state index contributed by atoms with van der Waals surface area (Å²) in [5.41, 5.74) is 0.788. The molecule has 0 saturated carbocycles. The number of sulfonamides is 1. The summed E-state index contributed by atoms with van der Waals surface area (Å²) >= 11 is 0. The Hall–Kier alpha value is -1.44. The van der Waals surface area contributed by atoms with Crippen molar-refractivity contribution in [2.75, 3.05) is 20.2 Å². The largest absolute Gasteiger partial charge is 0.465 e. The first-order valence-electron chi connectivity index (χ1n) is 6.70. The van der Waals surface area contributed by atoms with Crippen LogP contribution < -0.4 is 10.0 Å². The molecule has 2 N–H and O–H groups in total. The zero-order valence-electron chi connectivity index (χ0n) is 12.8. The second-order valence-corrected chi connectivity index (χ2v) is 6.71. The van der Waals surface area contributed by atoms with Crippen LogP contribution in [0, 0.1) is 6.92 Å². The molecule has 1 aromatic rings. The maximum atomic E-state index is 12.3. The standard InChI is InChI=1S/C14H22N2O4S/c1-10(2)15-7-8-16-21(18,19)13-9-12(14(17)20-4)6-5-11(13)3/h5-6,9-10,15-16H,7-8H2,1-4H3. The molecule has 0 fully saturated rings. The van der Waals surface area contributed by atoms with Crippen LogP contribution in [0.25, 0.3) is 0 Å². The zero-order valence-corrected chi connectivity index (χ0v) is 13.6. The number of ether oxygens (including phenoxy) is 1. The zero-order chi connectivity index (χ0) is 16.0. The van der Waals surface area contributed by atoms with Crippen molar-refractivity contribution in [2.24, 2.45) is 0 Å². The van der Waals surface area contributed by atoms with Gasteiger partial charge in [0.15, 0.2) is 0 Å². The second-order valence-electron chi connectivity index (χ2n) is 4.98. The Morgan fingerprint density at radius 3 is 2.52 bits per heavy atom. The van der Waals surface area contributed by atoms with Crippen molar-refractivity contribution in [1.29, 1.82) is 0 Å². The molecule has 1 rings (SSSR count). The number of carbonyl (C=O) groups excluding carboxylic acids is 1. The van der Waals surface area contributed by atoms with E-state index in [1.54, 1.807) is 19.1 Å². The summed E-state index contributed by atoms with van der Waals surface area (Å²) in [6.45, 7) is 6.47. The third-order valence-electron chi connectivity index (χ3n) is 2.87. The Kier molecular flexibility index (Phi) is 6.32. The molecule has 1 aromatic carbocycles. The lowest BCUT2D eigenvalue weighted by atomic mass is 10.1. The number of nitrogens with one attached hydrogen (secondary N) is 2. The van der Waals surface area contributed by atoms with Crippen LogP contribution in [-0.4, -0.2) is 40.6 Å². The van der Waals surface area contributed by atoms with Crippen molar-refractivity contribution < 1.29 is 17.9 Å². The van der Waals surface area contributed by atoms with Gasteiger partial charge in [-0.25, -0.2) is 17.9 Å². The predicted molar refractivity (Wildman–Crippen MR) is 80.8 cm³/mol. The Labute approximate surface area is 125 Å². The summed E-state index contributed by atoms with van der Waals surface area (Å²) in [6, 6.07) is 4.76. The summed E-state index contributed by atoms with van der Waals surface area (Å²) in [6.07, 6.45) is 0. The number of methoxy groups -OCH3 is 1. The first-order chi connectivity index (χ1) is 9.77. The quantitative estimate of drug-likeness (QED) is 0.581. The Balaban J connectivity index is 2.89. The van der Waals surface area contributed by atoms with Crippen LogP contribution in [0.15, 0.2) is 23.1 Å². The van der Waals surface area contributed by atoms with E-state index in [9.17, 15) is 13.2 Å². The molecule has 0 unspecified atom stereocenters. The molecule has 0 aliphatic rings. The van der Waals surface area contributed by atoms with Gasteiger partial charge in [0.1, 0.15) is 0 Å². The van der Waals surface area contributed by atoms with Gasteiger partial charge in [0.05, 0.1) is 17.6 Å². The molecule has 118 valence electrons. The van der Waals surface area contributed by atoms with Gasteiger partial charge < -0.3 is 10.1 Å². The summed E-state index contributed by atoms with van der Waals surface area (Å²) in [7, 11) is -2.39. The highest BCUT2D eigenvalue weighted by atomic mass is 32.2. The number of hydrogen-bond donors (Lipinski definition) is 2. The van der Waals surface area contributed by atoms with Crippen molar-refractivity contribution >= 4 is 16.0 Å². The lowest BCUT2D eigenvalue weighted by Crippen LogP contribution is -2.34. The van der Waals surface area contributed by atoms with E-state index >= 15 is 0 Å². The molecule has 0 atom stereocenters. The van der Waals surface area contributed by atoms with Gasteiger partial charge >= 0.3 is 5.97 Å². The molecule has 0 bridgehead atoms. The number of rotatable bonds is 7. The van der Waals surface area contributed by atoms with E-state index in [2.05, 4.69) is 14.8 Å². The van der Waals surface area contributed by atoms with Gasteiger partial charge in [-0.05, 0) is 24.6 Å². The predicted octanol–water partition coefficient (Wildman–Crippen LogP) is 1.06. The lowest BCUT2D eigenvalue weighted by molar-refractivity contribution is 0.0600. The number of aryl methyl sites for hydroxylation is 1. The molecule has 0 radical (unpaired) electrons. The van der Waals surface area contributed by atoms with Crippen LogP contribution in [0.5, 0.6) is 0 Å². The lowest BCUT2D eigenvalue weighted by Gasteiger charge is -2.12. The van der Waals surface area contributed by atoms with Crippen LogP contribution in [0.4, 0.5) is 0 Å². The molecule has 0 spiro atoms. The molecule has 0 aromatic heterocycles. The van der Waals surface area contributed by atoms with E-state index in [4.69, 9.17) is 0 Å². The molecule has 7 heteroatoms. The fraction of sp³-hybridized carbons (Fsp3) is 0.500. The maximum absolute atomic E-state index is 12.3. The van der Waals surface area contributed by atoms with Crippen LogP contribution in [0.1, 0.15) is 29.8 Å². The second kappa shape index (κ2) is 7.53. The van der Waals surface area contributed by atoms with Crippen molar-refractivity contribution in [3.8, 4) is 0 Å². The summed E-state index contributed by atoms with van der Waals surface area (Å²) in [4.78, 5) is 11.6. The summed E-state index contributed by atoms with van der Waals surface area (Å²) in [5.74, 6) is -0.562. The van der Waals surface area contributed by atoms with Crippen LogP contribution in [-0.2, 0) is 14.8 Å². The molecule has 0 saturated heterocycles. The molecule has 0 aliphatic carbocycles. The molecule has 0 aliphatic heterocycles. The normalized spacial score (nSPS) is 11.7. The molecule has 6 nitrogen and oxygen atoms in total. The highest BCUT2D eigenvalue weighted by Gasteiger charge is 2.18. The average Bonchev–Trinajstić information content (AvgIpc) is 2.43. The SMILES string of the molecule is COC(=O)c1ccc(C)c(S(=O)(=O)NCCNC(C)C)c1. The van der Waals surface area contributed by atoms with Gasteiger partial charge in [-0.15, -0.1) is 0 Å². The molecular formula is C14H22N2O4S. The minimum atomic E-state index is -3.65. The van der Waals surface area contributed by atoms with E-state index in [0.29, 0.717) is 18.2 Å². The van der Waals surface area contributed by atoms with E-state index in [0.717, 1.165) is 0 Å². The number of benzene rings is 1. The van der Waals surface area contributed by atoms with Gasteiger partial charge in [-0.1, -0.05) is 19.9 Å². The van der Waals surface area contributed by atoms with Gasteiger partial charge in [0.25, 0.3) is 0 Å². The van der Waals surface area contributed by atoms with Gasteiger partial charge in [0.2, 0.25) is 10.0 Å². The first-order valence-corrected chi connectivity index (χ1v) is 8.18. The third-order valence-corrected chi connectivity index (χ3v) is 4.47. The minimum Gasteiger partial charge on any atom is -0.465 e. The van der Waals surface area contributed by atoms with Crippen LogP contribution in [0.3, 0.4) is 0 Å². The number of carbonyl (C=O) groups is 1. The third kappa shape index (κ3) is 5.11. The Bertz CT molecular complexity index is 597. The summed E-state index contributed by atoms with van der Waals surface area (Å²) in [5, 5.41) is 3.12. The van der Waals surface area contributed by atoms with E-state index in [-0.39, 0.29) is 17.0 Å². The molecule has 0 heterocycles. The molecular weight excluding hydrogens is 292 g/mol. The maximum Gasteiger partial charge on any atom is 0.337 e. The van der Waals surface area contributed by atoms with E-state index in [1.807, 2.05) is 13.8 Å². The first kappa shape index (κ1) is 17.6. The van der Waals surface area contributed by atoms with Crippen molar-refractivity contribution in [1.82, 2.24) is 10.0 Å². The van der Waals surface area contributed by atoms with Crippen molar-refractivity contribution in [3.63, 3.8) is 0 Å².